The Bertz CT molecular complexity index is 543. The number of hydrogen-bond donors (Lipinski definition) is 0. The van der Waals surface area contributed by atoms with Crippen LogP contribution in [0.4, 0.5) is 0 Å². The van der Waals surface area contributed by atoms with Crippen LogP contribution in [0, 0.1) is 11.3 Å². The van der Waals surface area contributed by atoms with Gasteiger partial charge in [0.05, 0.1) is 24.7 Å². The molecule has 0 aliphatic carbocycles. The predicted octanol–water partition coefficient (Wildman–Crippen LogP) is 0.979. The van der Waals surface area contributed by atoms with Crippen molar-refractivity contribution in [3.8, 4) is 17.6 Å². The monoisotopic (exact) mass is 241 g/mol. The highest BCUT2D eigenvalue weighted by atomic mass is 32.2. The summed E-state index contributed by atoms with van der Waals surface area (Å²) in [5, 5.41) is 8.85. The molecular weight excluding hydrogens is 230 g/mol. The summed E-state index contributed by atoms with van der Waals surface area (Å²) in [7, 11) is -0.647. The maximum Gasteiger partial charge on any atom is 0.176 e. The molecule has 16 heavy (non-hydrogen) atoms. The summed E-state index contributed by atoms with van der Waals surface area (Å²) in [6.07, 6.45) is 1.04. The molecule has 1 rings (SSSR count). The first kappa shape index (κ1) is 12.3. The normalized spacial score (nSPS) is 10.6. The van der Waals surface area contributed by atoms with E-state index in [9.17, 15) is 8.42 Å². The molecule has 0 saturated heterocycles. The fraction of sp³-hybridized carbons (Fsp3) is 0.300. The minimum absolute atomic E-state index is 0.0418. The van der Waals surface area contributed by atoms with Crippen LogP contribution >= 0.6 is 0 Å². The average Bonchev–Trinajstić information content (AvgIpc) is 2.25. The second-order valence-electron chi connectivity index (χ2n) is 3.09. The molecule has 86 valence electrons. The standard InChI is InChI=1S/C10H11NO4S/c1-14-8-4-7(6-11)10(16(3,12)13)5-9(8)15-2/h4-5H,1-3H3. The van der Waals surface area contributed by atoms with E-state index >= 15 is 0 Å². The van der Waals surface area contributed by atoms with Gasteiger partial charge in [-0.3, -0.25) is 0 Å². The first-order valence-corrected chi connectivity index (χ1v) is 6.19. The van der Waals surface area contributed by atoms with Gasteiger partial charge in [-0.05, 0) is 0 Å². The highest BCUT2D eigenvalue weighted by Gasteiger charge is 2.18. The number of ether oxygens (including phenoxy) is 2. The van der Waals surface area contributed by atoms with Gasteiger partial charge in [0, 0.05) is 18.4 Å². The summed E-state index contributed by atoms with van der Waals surface area (Å²) in [4.78, 5) is -0.0624. The summed E-state index contributed by atoms with van der Waals surface area (Å²) >= 11 is 0. The van der Waals surface area contributed by atoms with E-state index in [1.54, 1.807) is 0 Å². The van der Waals surface area contributed by atoms with E-state index in [4.69, 9.17) is 14.7 Å². The molecular formula is C10H11NO4S. The van der Waals surface area contributed by atoms with Crippen molar-refractivity contribution in [1.29, 1.82) is 5.26 Å². The molecule has 5 nitrogen and oxygen atoms in total. The van der Waals surface area contributed by atoms with Crippen LogP contribution in [0.1, 0.15) is 5.56 Å². The quantitative estimate of drug-likeness (QED) is 0.788. The molecule has 0 atom stereocenters. The Hall–Kier alpha value is -1.74. The van der Waals surface area contributed by atoms with Crippen LogP contribution in [0.5, 0.6) is 11.5 Å². The molecule has 0 radical (unpaired) electrons. The van der Waals surface area contributed by atoms with E-state index in [1.165, 1.54) is 26.4 Å². The van der Waals surface area contributed by atoms with Crippen LogP contribution in [-0.4, -0.2) is 28.9 Å². The van der Waals surface area contributed by atoms with Gasteiger partial charge in [0.25, 0.3) is 0 Å². The molecule has 0 unspecified atom stereocenters. The third-order valence-corrected chi connectivity index (χ3v) is 3.14. The zero-order chi connectivity index (χ0) is 12.3. The Labute approximate surface area is 94.1 Å². The van der Waals surface area contributed by atoms with Gasteiger partial charge < -0.3 is 9.47 Å². The highest BCUT2D eigenvalue weighted by molar-refractivity contribution is 7.90. The van der Waals surface area contributed by atoms with E-state index in [-0.39, 0.29) is 16.2 Å². The minimum atomic E-state index is -3.46. The fourth-order valence-electron chi connectivity index (χ4n) is 1.25. The molecule has 0 bridgehead atoms. The van der Waals surface area contributed by atoms with E-state index in [0.717, 1.165) is 6.26 Å². The molecule has 0 fully saturated rings. The number of nitrogens with zero attached hydrogens (tertiary/aromatic N) is 1. The second kappa shape index (κ2) is 4.41. The van der Waals surface area contributed by atoms with Crippen LogP contribution in [0.15, 0.2) is 17.0 Å². The number of benzene rings is 1. The molecule has 0 aliphatic heterocycles. The van der Waals surface area contributed by atoms with Crippen molar-refractivity contribution in [3.63, 3.8) is 0 Å². The number of sulfone groups is 1. The first-order chi connectivity index (χ1) is 7.43. The first-order valence-electron chi connectivity index (χ1n) is 4.30. The van der Waals surface area contributed by atoms with Gasteiger partial charge >= 0.3 is 0 Å². The lowest BCUT2D eigenvalue weighted by Gasteiger charge is -2.10. The maximum absolute atomic E-state index is 11.4. The Morgan fingerprint density at radius 3 is 2.06 bits per heavy atom. The van der Waals surface area contributed by atoms with Crippen molar-refractivity contribution in [2.24, 2.45) is 0 Å². The molecule has 0 aliphatic rings. The Kier molecular flexibility index (Phi) is 3.40. The summed E-state index contributed by atoms with van der Waals surface area (Å²) in [6.45, 7) is 0. The van der Waals surface area contributed by atoms with Crippen LogP contribution in [0.25, 0.3) is 0 Å². The van der Waals surface area contributed by atoms with Crippen molar-refractivity contribution in [2.75, 3.05) is 20.5 Å². The lowest BCUT2D eigenvalue weighted by molar-refractivity contribution is 0.353. The lowest BCUT2D eigenvalue weighted by Crippen LogP contribution is -2.02. The molecule has 0 amide bonds. The van der Waals surface area contributed by atoms with Gasteiger partial charge in [0.2, 0.25) is 0 Å². The lowest BCUT2D eigenvalue weighted by atomic mass is 10.2. The van der Waals surface area contributed by atoms with Gasteiger partial charge in [-0.2, -0.15) is 5.26 Å². The molecule has 0 heterocycles. The molecule has 0 N–H and O–H groups in total. The van der Waals surface area contributed by atoms with Crippen LogP contribution in [0.3, 0.4) is 0 Å². The molecule has 1 aromatic rings. The van der Waals surface area contributed by atoms with Crippen molar-refractivity contribution in [2.45, 2.75) is 4.90 Å². The second-order valence-corrected chi connectivity index (χ2v) is 5.07. The molecule has 0 saturated carbocycles. The van der Waals surface area contributed by atoms with Gasteiger partial charge in [0.1, 0.15) is 6.07 Å². The Morgan fingerprint density at radius 1 is 1.19 bits per heavy atom. The van der Waals surface area contributed by atoms with Gasteiger partial charge in [-0.25, -0.2) is 8.42 Å². The highest BCUT2D eigenvalue weighted by Crippen LogP contribution is 2.32. The smallest absolute Gasteiger partial charge is 0.176 e. The van der Waals surface area contributed by atoms with E-state index < -0.39 is 9.84 Å². The summed E-state index contributed by atoms with van der Waals surface area (Å²) in [5.74, 6) is 0.605. The van der Waals surface area contributed by atoms with Crippen molar-refractivity contribution < 1.29 is 17.9 Å². The average molecular weight is 241 g/mol. The number of rotatable bonds is 3. The summed E-state index contributed by atoms with van der Waals surface area (Å²) < 4.78 is 32.8. The predicted molar refractivity (Wildman–Crippen MR) is 57.4 cm³/mol. The molecule has 6 heteroatoms. The molecule has 1 aromatic carbocycles. The number of methoxy groups -OCH3 is 2. The van der Waals surface area contributed by atoms with Gasteiger partial charge in [-0.1, -0.05) is 0 Å². The van der Waals surface area contributed by atoms with Crippen molar-refractivity contribution in [1.82, 2.24) is 0 Å². The van der Waals surface area contributed by atoms with Crippen LogP contribution in [0.2, 0.25) is 0 Å². The van der Waals surface area contributed by atoms with E-state index in [1.807, 2.05) is 6.07 Å². The third kappa shape index (κ3) is 2.25. The number of nitriles is 1. The Balaban J connectivity index is 3.58. The van der Waals surface area contributed by atoms with E-state index in [0.29, 0.717) is 5.75 Å². The zero-order valence-electron chi connectivity index (χ0n) is 9.14. The van der Waals surface area contributed by atoms with Crippen molar-refractivity contribution in [3.05, 3.63) is 17.7 Å². The fourth-order valence-corrected chi connectivity index (χ4v) is 2.08. The number of hydrogen-bond acceptors (Lipinski definition) is 5. The maximum atomic E-state index is 11.4. The largest absolute Gasteiger partial charge is 0.493 e. The molecule has 0 aromatic heterocycles. The van der Waals surface area contributed by atoms with Gasteiger partial charge in [0.15, 0.2) is 21.3 Å². The van der Waals surface area contributed by atoms with Crippen LogP contribution in [-0.2, 0) is 9.84 Å². The van der Waals surface area contributed by atoms with Crippen molar-refractivity contribution >= 4 is 9.84 Å². The SMILES string of the molecule is COc1cc(C#N)c(S(C)(=O)=O)cc1OC. The van der Waals surface area contributed by atoms with E-state index in [2.05, 4.69) is 0 Å². The third-order valence-electron chi connectivity index (χ3n) is 2.01. The molecule has 0 spiro atoms. The zero-order valence-corrected chi connectivity index (χ0v) is 9.96. The van der Waals surface area contributed by atoms with Gasteiger partial charge in [-0.15, -0.1) is 0 Å². The minimum Gasteiger partial charge on any atom is -0.493 e. The summed E-state index contributed by atoms with van der Waals surface area (Å²) in [6, 6.07) is 4.44. The summed E-state index contributed by atoms with van der Waals surface area (Å²) in [5.41, 5.74) is 0.0418. The topological polar surface area (TPSA) is 76.4 Å². The Morgan fingerprint density at radius 2 is 1.69 bits per heavy atom. The van der Waals surface area contributed by atoms with Crippen LogP contribution < -0.4 is 9.47 Å².